The minimum absolute atomic E-state index is 0.753. The highest BCUT2D eigenvalue weighted by Crippen LogP contribution is 2.21. The van der Waals surface area contributed by atoms with Crippen LogP contribution in [0.2, 0.25) is 0 Å². The minimum atomic E-state index is 0.753. The van der Waals surface area contributed by atoms with Crippen LogP contribution >= 0.6 is 0 Å². The lowest BCUT2D eigenvalue weighted by Gasteiger charge is -2.15. The Hall–Kier alpha value is -2.58. The van der Waals surface area contributed by atoms with Crippen molar-refractivity contribution in [1.29, 1.82) is 5.26 Å². The maximum Gasteiger partial charge on any atom is 0.250 e. The molecule has 0 atom stereocenters. The van der Waals surface area contributed by atoms with Crippen molar-refractivity contribution in [2.45, 2.75) is 33.6 Å². The third-order valence-corrected chi connectivity index (χ3v) is 5.15. The summed E-state index contributed by atoms with van der Waals surface area (Å²) in [7, 11) is 0. The first-order chi connectivity index (χ1) is 12.7. The number of para-hydroxylation sites is 2. The molecule has 0 unspecified atom stereocenters. The summed E-state index contributed by atoms with van der Waals surface area (Å²) in [4.78, 5) is 5.04. The molecular formula is C21H29N5+2. The van der Waals surface area contributed by atoms with E-state index < -0.39 is 0 Å². The van der Waals surface area contributed by atoms with E-state index in [1.165, 1.54) is 0 Å². The molecule has 0 aliphatic heterocycles. The highest BCUT2D eigenvalue weighted by molar-refractivity contribution is 5.77. The summed E-state index contributed by atoms with van der Waals surface area (Å²) in [5.74, 6) is 1.06. The monoisotopic (exact) mass is 351 g/mol. The van der Waals surface area contributed by atoms with Gasteiger partial charge < -0.3 is 4.90 Å². The van der Waals surface area contributed by atoms with Gasteiger partial charge in [-0.05, 0) is 38.0 Å². The largest absolute Gasteiger partial charge is 0.333 e. The number of imidazole rings is 1. The van der Waals surface area contributed by atoms with Gasteiger partial charge in [0, 0.05) is 6.07 Å². The predicted octanol–water partition coefficient (Wildman–Crippen LogP) is 2.07. The number of nitrogens with one attached hydrogen (secondary N) is 3. The molecule has 2 heterocycles. The van der Waals surface area contributed by atoms with E-state index >= 15 is 0 Å². The minimum Gasteiger partial charge on any atom is -0.333 e. The van der Waals surface area contributed by atoms with Crippen molar-refractivity contribution in [3.8, 4) is 6.07 Å². The molecule has 0 spiro atoms. The summed E-state index contributed by atoms with van der Waals surface area (Å²) in [6.45, 7) is 10.9. The SMILES string of the molecule is CCCc1cc(NCC[NH+](CC)CC)[n+]2c([nH]c3ccccc32)c1C#N. The van der Waals surface area contributed by atoms with Crippen molar-refractivity contribution in [3.63, 3.8) is 0 Å². The van der Waals surface area contributed by atoms with Gasteiger partial charge in [-0.25, -0.2) is 0 Å². The average molecular weight is 351 g/mol. The van der Waals surface area contributed by atoms with Crippen LogP contribution in [0.1, 0.15) is 38.3 Å². The van der Waals surface area contributed by atoms with Crippen LogP contribution in [0.5, 0.6) is 0 Å². The number of nitrogens with zero attached hydrogens (tertiary/aromatic N) is 2. The number of rotatable bonds is 8. The molecular weight excluding hydrogens is 322 g/mol. The maximum absolute atomic E-state index is 9.76. The third kappa shape index (κ3) is 3.38. The molecule has 0 amide bonds. The van der Waals surface area contributed by atoms with Gasteiger partial charge in [0.25, 0.3) is 0 Å². The van der Waals surface area contributed by atoms with Crippen LogP contribution in [0, 0.1) is 11.3 Å². The first kappa shape index (κ1) is 18.2. The smallest absolute Gasteiger partial charge is 0.250 e. The Labute approximate surface area is 155 Å². The van der Waals surface area contributed by atoms with Gasteiger partial charge in [-0.3, -0.25) is 10.3 Å². The number of quaternary nitrogens is 1. The van der Waals surface area contributed by atoms with Gasteiger partial charge in [-0.1, -0.05) is 25.5 Å². The molecule has 2 aromatic heterocycles. The molecule has 0 aliphatic rings. The van der Waals surface area contributed by atoms with Gasteiger partial charge in [0.1, 0.15) is 35.8 Å². The second-order valence-electron chi connectivity index (χ2n) is 6.75. The Balaban J connectivity index is 2.09. The van der Waals surface area contributed by atoms with Gasteiger partial charge in [0.05, 0.1) is 13.1 Å². The van der Waals surface area contributed by atoms with E-state index in [0.29, 0.717) is 0 Å². The Morgan fingerprint density at radius 2 is 1.96 bits per heavy atom. The normalized spacial score (nSPS) is 11.3. The van der Waals surface area contributed by atoms with Gasteiger partial charge in [-0.2, -0.15) is 9.66 Å². The zero-order valence-electron chi connectivity index (χ0n) is 16.0. The number of anilines is 1. The van der Waals surface area contributed by atoms with Crippen LogP contribution in [0.4, 0.5) is 5.82 Å². The molecule has 3 aromatic rings. The van der Waals surface area contributed by atoms with Crippen LogP contribution in [-0.4, -0.2) is 31.2 Å². The molecule has 3 N–H and O–H groups in total. The van der Waals surface area contributed by atoms with Gasteiger partial charge >= 0.3 is 0 Å². The molecule has 0 saturated carbocycles. The molecule has 3 rings (SSSR count). The van der Waals surface area contributed by atoms with Crippen LogP contribution in [0.25, 0.3) is 16.7 Å². The zero-order chi connectivity index (χ0) is 18.5. The number of aromatic nitrogens is 2. The van der Waals surface area contributed by atoms with Crippen molar-refractivity contribution >= 4 is 22.5 Å². The molecule has 0 radical (unpaired) electrons. The summed E-state index contributed by atoms with van der Waals surface area (Å²) in [6, 6.07) is 12.8. The number of hydrogen-bond donors (Lipinski definition) is 3. The summed E-state index contributed by atoms with van der Waals surface area (Å²) < 4.78 is 2.16. The van der Waals surface area contributed by atoms with Gasteiger partial charge in [0.2, 0.25) is 11.5 Å². The second kappa shape index (κ2) is 8.20. The zero-order valence-corrected chi connectivity index (χ0v) is 16.0. The van der Waals surface area contributed by atoms with Crippen LogP contribution in [0.3, 0.4) is 0 Å². The van der Waals surface area contributed by atoms with E-state index in [4.69, 9.17) is 0 Å². The third-order valence-electron chi connectivity index (χ3n) is 5.15. The van der Waals surface area contributed by atoms with Gasteiger partial charge in [0.15, 0.2) is 0 Å². The molecule has 136 valence electrons. The van der Waals surface area contributed by atoms with Crippen LogP contribution in [-0.2, 0) is 6.42 Å². The van der Waals surface area contributed by atoms with Crippen molar-refractivity contribution in [2.24, 2.45) is 0 Å². The highest BCUT2D eigenvalue weighted by Gasteiger charge is 2.21. The summed E-state index contributed by atoms with van der Waals surface area (Å²) in [5.41, 5.74) is 4.90. The Bertz CT molecular complexity index is 931. The molecule has 0 aliphatic carbocycles. The van der Waals surface area contributed by atoms with Crippen molar-refractivity contribution in [1.82, 2.24) is 4.98 Å². The van der Waals surface area contributed by atoms with Crippen molar-refractivity contribution in [2.75, 3.05) is 31.5 Å². The lowest BCUT2D eigenvalue weighted by atomic mass is 10.1. The van der Waals surface area contributed by atoms with Crippen molar-refractivity contribution < 1.29 is 9.30 Å². The lowest BCUT2D eigenvalue weighted by molar-refractivity contribution is -0.894. The van der Waals surface area contributed by atoms with Crippen LogP contribution < -0.4 is 14.6 Å². The maximum atomic E-state index is 9.76. The number of aryl methyl sites for hydroxylation is 1. The van der Waals surface area contributed by atoms with Gasteiger partial charge in [-0.15, -0.1) is 0 Å². The number of nitriles is 1. The quantitative estimate of drug-likeness (QED) is 0.544. The number of hydrogen-bond acceptors (Lipinski definition) is 2. The fourth-order valence-electron chi connectivity index (χ4n) is 3.65. The number of aromatic amines is 1. The topological polar surface area (TPSA) is 60.1 Å². The molecule has 0 bridgehead atoms. The molecule has 5 nitrogen and oxygen atoms in total. The van der Waals surface area contributed by atoms with E-state index in [9.17, 15) is 5.26 Å². The standard InChI is InChI=1S/C21H27N5/c1-4-9-16-14-20(23-12-13-25(5-2)6-3)26-19-11-8-7-10-18(19)24-21(26)17(16)15-22/h7-8,10-11,14H,4-6,9,12-13H2,1-3H3,(H,23,24)/p+2. The van der Waals surface area contributed by atoms with E-state index in [1.807, 2.05) is 12.1 Å². The summed E-state index contributed by atoms with van der Waals surface area (Å²) >= 11 is 0. The molecule has 5 heteroatoms. The average Bonchev–Trinajstić information content (AvgIpc) is 3.05. The lowest BCUT2D eigenvalue weighted by Crippen LogP contribution is -3.12. The first-order valence-electron chi connectivity index (χ1n) is 9.69. The number of likely N-dealkylation sites (N-methyl/N-ethyl adjacent to an activating group) is 1. The number of benzene rings is 1. The van der Waals surface area contributed by atoms with Crippen molar-refractivity contribution in [3.05, 3.63) is 41.5 Å². The number of fused-ring (bicyclic) bond motifs is 3. The summed E-state index contributed by atoms with van der Waals surface area (Å²) in [6.07, 6.45) is 1.93. The number of pyridine rings is 1. The van der Waals surface area contributed by atoms with E-state index in [1.54, 1.807) is 4.90 Å². The second-order valence-corrected chi connectivity index (χ2v) is 6.75. The van der Waals surface area contributed by atoms with E-state index in [2.05, 4.69) is 59.7 Å². The molecule has 26 heavy (non-hydrogen) atoms. The fraction of sp³-hybridized carbons (Fsp3) is 0.429. The predicted molar refractivity (Wildman–Crippen MR) is 106 cm³/mol. The first-order valence-corrected chi connectivity index (χ1v) is 9.69. The molecule has 0 saturated heterocycles. The van der Waals surface area contributed by atoms with Crippen LogP contribution in [0.15, 0.2) is 30.3 Å². The van der Waals surface area contributed by atoms with E-state index in [-0.39, 0.29) is 0 Å². The molecule has 0 fully saturated rings. The molecule has 1 aromatic carbocycles. The Morgan fingerprint density at radius 1 is 1.19 bits per heavy atom. The fourth-order valence-corrected chi connectivity index (χ4v) is 3.65. The Morgan fingerprint density at radius 3 is 2.65 bits per heavy atom. The summed E-state index contributed by atoms with van der Waals surface area (Å²) in [5, 5.41) is 13.4. The highest BCUT2D eigenvalue weighted by atomic mass is 15.2. The van der Waals surface area contributed by atoms with E-state index in [0.717, 1.165) is 72.6 Å². The Kier molecular flexibility index (Phi) is 5.75. The number of H-pyrrole nitrogens is 1.